The summed E-state index contributed by atoms with van der Waals surface area (Å²) in [6, 6.07) is 15.9. The summed E-state index contributed by atoms with van der Waals surface area (Å²) >= 11 is 6.61. The van der Waals surface area contributed by atoms with Gasteiger partial charge < -0.3 is 19.8 Å². The molecule has 1 atom stereocenters. The average Bonchev–Trinajstić information content (AvgIpc) is 3.64. The number of rotatable bonds is 6. The Hall–Kier alpha value is -4.90. The van der Waals surface area contributed by atoms with Crippen molar-refractivity contribution < 1.29 is 24.5 Å². The molecule has 12 heteroatoms. The minimum atomic E-state index is -1.03. The van der Waals surface area contributed by atoms with Gasteiger partial charge in [-0.3, -0.25) is 18.6 Å². The van der Waals surface area contributed by atoms with Gasteiger partial charge >= 0.3 is 5.97 Å². The molecule has 3 aromatic carbocycles. The highest BCUT2D eigenvalue weighted by Crippen LogP contribution is 2.36. The van der Waals surface area contributed by atoms with Crippen LogP contribution in [0.4, 0.5) is 0 Å². The second-order valence-electron chi connectivity index (χ2n) is 9.72. The normalized spacial score (nSPS) is 15.1. The molecule has 2 aromatic heterocycles. The lowest BCUT2D eigenvalue weighted by atomic mass is 10.1. The first-order valence-corrected chi connectivity index (χ1v) is 13.2. The van der Waals surface area contributed by atoms with Gasteiger partial charge in [0.1, 0.15) is 6.04 Å². The molecule has 1 aliphatic heterocycles. The predicted octanol–water partition coefficient (Wildman–Crippen LogP) is 3.82. The number of carbonyl (C=O) groups is 2. The van der Waals surface area contributed by atoms with E-state index >= 15 is 0 Å². The van der Waals surface area contributed by atoms with Gasteiger partial charge in [0, 0.05) is 17.1 Å². The second-order valence-corrected chi connectivity index (χ2v) is 10.1. The van der Waals surface area contributed by atoms with Crippen LogP contribution in [-0.2, 0) is 11.3 Å². The van der Waals surface area contributed by atoms with Crippen molar-refractivity contribution in [3.8, 4) is 22.9 Å². The number of aromatic nitrogens is 4. The van der Waals surface area contributed by atoms with Gasteiger partial charge in [-0.25, -0.2) is 4.79 Å². The summed E-state index contributed by atoms with van der Waals surface area (Å²) in [6.07, 6.45) is 1.02. The van der Waals surface area contributed by atoms with E-state index in [1.54, 1.807) is 59.0 Å². The highest BCUT2D eigenvalue weighted by atomic mass is 35.5. The summed E-state index contributed by atoms with van der Waals surface area (Å²) in [7, 11) is 1.45. The van der Waals surface area contributed by atoms with Crippen LogP contribution in [0.3, 0.4) is 0 Å². The van der Waals surface area contributed by atoms with Crippen molar-refractivity contribution in [1.82, 2.24) is 24.1 Å². The van der Waals surface area contributed by atoms with E-state index in [1.807, 2.05) is 0 Å². The fourth-order valence-electron chi connectivity index (χ4n) is 5.35. The number of carboxylic acid groups (broad SMARTS) is 1. The van der Waals surface area contributed by atoms with Crippen LogP contribution in [0.15, 0.2) is 65.5 Å². The second kappa shape index (κ2) is 10.3. The Morgan fingerprint density at radius 3 is 2.66 bits per heavy atom. The third-order valence-electron chi connectivity index (χ3n) is 7.39. The van der Waals surface area contributed by atoms with E-state index in [-0.39, 0.29) is 40.0 Å². The molecule has 5 aromatic rings. The van der Waals surface area contributed by atoms with E-state index in [0.29, 0.717) is 47.2 Å². The summed E-state index contributed by atoms with van der Waals surface area (Å²) in [6.45, 7) is 0.377. The van der Waals surface area contributed by atoms with E-state index in [0.717, 1.165) is 0 Å². The van der Waals surface area contributed by atoms with Crippen molar-refractivity contribution >= 4 is 40.2 Å². The van der Waals surface area contributed by atoms with Crippen molar-refractivity contribution in [1.29, 1.82) is 0 Å². The maximum atomic E-state index is 13.7. The van der Waals surface area contributed by atoms with Gasteiger partial charge in [-0.2, -0.15) is 0 Å². The number of nitrogens with zero attached hydrogens (tertiary/aromatic N) is 5. The number of phenols is 1. The van der Waals surface area contributed by atoms with Gasteiger partial charge in [0.25, 0.3) is 11.5 Å². The van der Waals surface area contributed by atoms with Crippen molar-refractivity contribution in [2.45, 2.75) is 25.4 Å². The first-order chi connectivity index (χ1) is 19.8. The van der Waals surface area contributed by atoms with Crippen LogP contribution in [0.2, 0.25) is 5.02 Å². The minimum Gasteiger partial charge on any atom is -0.504 e. The monoisotopic (exact) mass is 573 g/mol. The highest BCUT2D eigenvalue weighted by molar-refractivity contribution is 6.31. The number of phenolic OH excluding ortho intramolecular Hbond substituents is 1. The molecular formula is C29H24ClN5O6. The summed E-state index contributed by atoms with van der Waals surface area (Å²) in [5, 5.41) is 29.6. The van der Waals surface area contributed by atoms with Gasteiger partial charge in [-0.05, 0) is 54.8 Å². The zero-order valence-corrected chi connectivity index (χ0v) is 22.6. The van der Waals surface area contributed by atoms with E-state index in [2.05, 4.69) is 10.2 Å². The third kappa shape index (κ3) is 4.34. The number of aliphatic carboxylic acids is 1. The number of aromatic hydroxyl groups is 1. The SMILES string of the molecule is COc1cccc(-c2nnc3n(Cc4ccc(C(=O)N5CCC[C@H]5C(=O)O)cc4Cl)c(=O)c4ccccc4n23)c1O. The molecule has 0 radical (unpaired) electrons. The largest absolute Gasteiger partial charge is 0.504 e. The van der Waals surface area contributed by atoms with Crippen molar-refractivity contribution in [3.63, 3.8) is 0 Å². The van der Waals surface area contributed by atoms with Crippen LogP contribution < -0.4 is 10.3 Å². The number of para-hydroxylation sites is 2. The molecule has 0 spiro atoms. The van der Waals surface area contributed by atoms with Gasteiger partial charge in [-0.15, -0.1) is 10.2 Å². The van der Waals surface area contributed by atoms with Crippen LogP contribution in [0.5, 0.6) is 11.5 Å². The molecule has 1 fully saturated rings. The molecule has 41 heavy (non-hydrogen) atoms. The minimum absolute atomic E-state index is 0.0180. The Labute approximate surface area is 237 Å². The van der Waals surface area contributed by atoms with Crippen LogP contribution in [-0.4, -0.2) is 65.9 Å². The number of halogens is 1. The van der Waals surface area contributed by atoms with E-state index in [9.17, 15) is 24.6 Å². The Kier molecular flexibility index (Phi) is 6.58. The topological polar surface area (TPSA) is 139 Å². The molecule has 1 amide bonds. The maximum absolute atomic E-state index is 13.7. The molecule has 3 heterocycles. The molecule has 0 saturated carbocycles. The van der Waals surface area contributed by atoms with E-state index in [4.69, 9.17) is 16.3 Å². The predicted molar refractivity (Wildman–Crippen MR) is 151 cm³/mol. The van der Waals surface area contributed by atoms with Crippen molar-refractivity contribution in [2.75, 3.05) is 13.7 Å². The van der Waals surface area contributed by atoms with E-state index in [1.165, 1.54) is 22.6 Å². The zero-order chi connectivity index (χ0) is 28.8. The first-order valence-electron chi connectivity index (χ1n) is 12.9. The number of benzene rings is 3. The van der Waals surface area contributed by atoms with Crippen LogP contribution in [0.25, 0.3) is 28.1 Å². The molecule has 0 bridgehead atoms. The summed E-state index contributed by atoms with van der Waals surface area (Å²) in [5.74, 6) is -0.753. The molecule has 0 aliphatic carbocycles. The Morgan fingerprint density at radius 1 is 1.10 bits per heavy atom. The number of hydrogen-bond donors (Lipinski definition) is 2. The lowest BCUT2D eigenvalue weighted by Crippen LogP contribution is -2.40. The van der Waals surface area contributed by atoms with Crippen molar-refractivity contribution in [3.05, 3.63) is 87.2 Å². The molecule has 2 N–H and O–H groups in total. The fourth-order valence-corrected chi connectivity index (χ4v) is 5.59. The Morgan fingerprint density at radius 2 is 1.90 bits per heavy atom. The van der Waals surface area contributed by atoms with Crippen LogP contribution >= 0.6 is 11.6 Å². The van der Waals surface area contributed by atoms with Gasteiger partial charge in [0.15, 0.2) is 17.3 Å². The summed E-state index contributed by atoms with van der Waals surface area (Å²) in [5.41, 5.74) is 1.42. The molecule has 6 rings (SSSR count). The standard InChI is InChI=1S/C29H24ClN5O6/c1-41-23-10-4-7-19(24(23)36)25-31-32-29-34(27(38)18-6-2-3-8-21(18)35(25)29)15-17-12-11-16(14-20(17)30)26(37)33-13-5-9-22(33)28(39)40/h2-4,6-8,10-12,14,22,36H,5,9,13,15H2,1H3,(H,39,40)/t22-/m0/s1. The molecule has 208 valence electrons. The molecule has 0 unspecified atom stereocenters. The van der Waals surface area contributed by atoms with Gasteiger partial charge in [0.05, 0.1) is 30.1 Å². The zero-order valence-electron chi connectivity index (χ0n) is 21.8. The Balaban J connectivity index is 1.45. The third-order valence-corrected chi connectivity index (χ3v) is 7.75. The van der Waals surface area contributed by atoms with Crippen molar-refractivity contribution in [2.24, 2.45) is 0 Å². The molecular weight excluding hydrogens is 550 g/mol. The quantitative estimate of drug-likeness (QED) is 0.312. The molecule has 11 nitrogen and oxygen atoms in total. The molecule has 1 saturated heterocycles. The lowest BCUT2D eigenvalue weighted by molar-refractivity contribution is -0.141. The summed E-state index contributed by atoms with van der Waals surface area (Å²) in [4.78, 5) is 39.6. The maximum Gasteiger partial charge on any atom is 0.326 e. The summed E-state index contributed by atoms with van der Waals surface area (Å²) < 4.78 is 8.38. The number of methoxy groups -OCH3 is 1. The first kappa shape index (κ1) is 26.3. The number of carbonyl (C=O) groups excluding carboxylic acids is 1. The smallest absolute Gasteiger partial charge is 0.326 e. The number of likely N-dealkylation sites (tertiary alicyclic amines) is 1. The number of hydrogen-bond acceptors (Lipinski definition) is 7. The number of ether oxygens (including phenoxy) is 1. The lowest BCUT2D eigenvalue weighted by Gasteiger charge is -2.21. The van der Waals surface area contributed by atoms with Crippen LogP contribution in [0, 0.1) is 0 Å². The van der Waals surface area contributed by atoms with E-state index < -0.39 is 17.9 Å². The number of amides is 1. The number of carboxylic acids is 1. The number of fused-ring (bicyclic) bond motifs is 3. The Bertz CT molecular complexity index is 1920. The molecule has 1 aliphatic rings. The van der Waals surface area contributed by atoms with Crippen LogP contribution in [0.1, 0.15) is 28.8 Å². The fraction of sp³-hybridized carbons (Fsp3) is 0.207. The highest BCUT2D eigenvalue weighted by Gasteiger charge is 2.34. The average molecular weight is 574 g/mol. The van der Waals surface area contributed by atoms with Gasteiger partial charge in [0.2, 0.25) is 5.78 Å². The van der Waals surface area contributed by atoms with Gasteiger partial charge in [-0.1, -0.05) is 35.9 Å².